The molecule has 84 valence electrons. The molecule has 2 N–H and O–H groups in total. The Bertz CT molecular complexity index is 657. The van der Waals surface area contributed by atoms with Gasteiger partial charge in [-0.05, 0) is 23.6 Å². The Kier molecular flexibility index (Phi) is 2.38. The quantitative estimate of drug-likeness (QED) is 0.727. The third-order valence-corrected chi connectivity index (χ3v) is 3.32. The molecule has 0 unspecified atom stereocenters. The van der Waals surface area contributed by atoms with E-state index in [4.69, 9.17) is 0 Å². The molecule has 1 amide bonds. The zero-order valence-electron chi connectivity index (χ0n) is 8.81. The summed E-state index contributed by atoms with van der Waals surface area (Å²) in [7, 11) is 0. The number of nitrogens with zero attached hydrogens (tertiary/aromatic N) is 1. The number of H-pyrrole nitrogens is 1. The number of aromatic nitrogens is 2. The largest absolute Gasteiger partial charge is 0.346 e. The van der Waals surface area contributed by atoms with E-state index >= 15 is 0 Å². The molecule has 0 fully saturated rings. The number of amides is 1. The molecule has 4 nitrogen and oxygen atoms in total. The molecule has 3 rings (SSSR count). The number of aromatic amines is 1. The van der Waals surface area contributed by atoms with Gasteiger partial charge < -0.3 is 10.3 Å². The Morgan fingerprint density at radius 2 is 2.29 bits per heavy atom. The van der Waals surface area contributed by atoms with Gasteiger partial charge in [-0.1, -0.05) is 6.07 Å². The van der Waals surface area contributed by atoms with Crippen molar-refractivity contribution in [3.05, 3.63) is 46.9 Å². The second kappa shape index (κ2) is 4.03. The molecule has 0 bridgehead atoms. The van der Waals surface area contributed by atoms with Gasteiger partial charge in [-0.3, -0.25) is 4.79 Å². The van der Waals surface area contributed by atoms with Crippen LogP contribution in [0.3, 0.4) is 0 Å². The van der Waals surface area contributed by atoms with Crippen LogP contribution in [0.1, 0.15) is 9.67 Å². The molecule has 3 aromatic heterocycles. The molecule has 0 radical (unpaired) electrons. The van der Waals surface area contributed by atoms with Crippen LogP contribution in [0.2, 0.25) is 0 Å². The second-order valence-electron chi connectivity index (χ2n) is 3.53. The highest BCUT2D eigenvalue weighted by molar-refractivity contribution is 7.12. The van der Waals surface area contributed by atoms with Gasteiger partial charge in [0.2, 0.25) is 0 Å². The van der Waals surface area contributed by atoms with Gasteiger partial charge in [-0.25, -0.2) is 4.98 Å². The lowest BCUT2D eigenvalue weighted by atomic mass is 10.3. The van der Waals surface area contributed by atoms with Crippen LogP contribution in [0.25, 0.3) is 11.0 Å². The molecular weight excluding hydrogens is 234 g/mol. The smallest absolute Gasteiger partial charge is 0.265 e. The number of hydrogen-bond acceptors (Lipinski definition) is 3. The first-order valence-corrected chi connectivity index (χ1v) is 5.99. The van der Waals surface area contributed by atoms with Crippen molar-refractivity contribution in [1.29, 1.82) is 0 Å². The number of anilines is 1. The van der Waals surface area contributed by atoms with Gasteiger partial charge in [0.25, 0.3) is 5.91 Å². The fourth-order valence-corrected chi connectivity index (χ4v) is 2.28. The number of carbonyl (C=O) groups is 1. The van der Waals surface area contributed by atoms with E-state index in [0.717, 1.165) is 16.7 Å². The van der Waals surface area contributed by atoms with Crippen molar-refractivity contribution < 1.29 is 4.79 Å². The molecule has 0 saturated heterocycles. The molecule has 5 heteroatoms. The lowest BCUT2D eigenvalue weighted by molar-refractivity contribution is 0.103. The number of pyridine rings is 1. The standard InChI is InChI=1S/C12H9N3OS/c16-12(10-2-1-7-17-10)15-9-4-6-14-11-8(9)3-5-13-11/h1-7H,(H2,13,14,15,16). The van der Waals surface area contributed by atoms with E-state index < -0.39 is 0 Å². The van der Waals surface area contributed by atoms with Gasteiger partial charge in [0.1, 0.15) is 5.65 Å². The molecule has 0 saturated carbocycles. The van der Waals surface area contributed by atoms with Crippen molar-refractivity contribution in [2.45, 2.75) is 0 Å². The van der Waals surface area contributed by atoms with Crippen LogP contribution >= 0.6 is 11.3 Å². The fraction of sp³-hybridized carbons (Fsp3) is 0. The molecular formula is C12H9N3OS. The minimum atomic E-state index is -0.0892. The SMILES string of the molecule is O=C(Nc1ccnc2[nH]ccc12)c1cccs1. The maximum Gasteiger partial charge on any atom is 0.265 e. The third kappa shape index (κ3) is 1.81. The molecule has 0 aromatic carbocycles. The van der Waals surface area contributed by atoms with E-state index in [2.05, 4.69) is 15.3 Å². The predicted octanol–water partition coefficient (Wildman–Crippen LogP) is 2.88. The summed E-state index contributed by atoms with van der Waals surface area (Å²) in [6.45, 7) is 0. The van der Waals surface area contributed by atoms with Gasteiger partial charge in [0.15, 0.2) is 0 Å². The zero-order valence-corrected chi connectivity index (χ0v) is 9.62. The summed E-state index contributed by atoms with van der Waals surface area (Å²) >= 11 is 1.42. The topological polar surface area (TPSA) is 57.8 Å². The summed E-state index contributed by atoms with van der Waals surface area (Å²) in [5, 5.41) is 5.68. The van der Waals surface area contributed by atoms with Crippen molar-refractivity contribution >= 4 is 34.0 Å². The van der Waals surface area contributed by atoms with E-state index in [9.17, 15) is 4.79 Å². The van der Waals surface area contributed by atoms with Gasteiger partial charge in [-0.15, -0.1) is 11.3 Å². The summed E-state index contributed by atoms with van der Waals surface area (Å²) in [6.07, 6.45) is 3.47. The first-order valence-electron chi connectivity index (χ1n) is 5.11. The molecule has 3 heterocycles. The van der Waals surface area contributed by atoms with Crippen LogP contribution in [0, 0.1) is 0 Å². The van der Waals surface area contributed by atoms with Crippen LogP contribution in [0.15, 0.2) is 42.0 Å². The van der Waals surface area contributed by atoms with E-state index in [1.54, 1.807) is 24.5 Å². The van der Waals surface area contributed by atoms with E-state index in [0.29, 0.717) is 4.88 Å². The summed E-state index contributed by atoms with van der Waals surface area (Å²) in [6, 6.07) is 7.35. The number of carbonyl (C=O) groups excluding carboxylic acids is 1. The van der Waals surface area contributed by atoms with Crippen molar-refractivity contribution in [2.24, 2.45) is 0 Å². The molecule has 0 aliphatic rings. The minimum absolute atomic E-state index is 0.0892. The summed E-state index contributed by atoms with van der Waals surface area (Å²) in [5.41, 5.74) is 1.55. The van der Waals surface area contributed by atoms with Crippen LogP contribution in [-0.2, 0) is 0 Å². The third-order valence-electron chi connectivity index (χ3n) is 2.45. The first kappa shape index (κ1) is 10.0. The highest BCUT2D eigenvalue weighted by atomic mass is 32.1. The Morgan fingerprint density at radius 3 is 3.12 bits per heavy atom. The minimum Gasteiger partial charge on any atom is -0.346 e. The lowest BCUT2D eigenvalue weighted by Crippen LogP contribution is -2.10. The number of hydrogen-bond donors (Lipinski definition) is 2. The Balaban J connectivity index is 1.95. The first-order chi connectivity index (χ1) is 8.34. The van der Waals surface area contributed by atoms with Crippen molar-refractivity contribution in [3.63, 3.8) is 0 Å². The number of thiophene rings is 1. The average Bonchev–Trinajstić information content (AvgIpc) is 3.00. The lowest BCUT2D eigenvalue weighted by Gasteiger charge is -2.04. The second-order valence-corrected chi connectivity index (χ2v) is 4.48. The van der Waals surface area contributed by atoms with E-state index in [1.165, 1.54) is 11.3 Å². The van der Waals surface area contributed by atoms with E-state index in [-0.39, 0.29) is 5.91 Å². The Morgan fingerprint density at radius 1 is 1.35 bits per heavy atom. The van der Waals surface area contributed by atoms with Gasteiger partial charge in [0, 0.05) is 17.8 Å². The van der Waals surface area contributed by atoms with Gasteiger partial charge in [0.05, 0.1) is 10.6 Å². The van der Waals surface area contributed by atoms with Crippen LogP contribution < -0.4 is 5.32 Å². The van der Waals surface area contributed by atoms with Crippen LogP contribution in [0.5, 0.6) is 0 Å². The monoisotopic (exact) mass is 243 g/mol. The predicted molar refractivity (Wildman–Crippen MR) is 68.4 cm³/mol. The number of rotatable bonds is 2. The molecule has 3 aromatic rings. The number of fused-ring (bicyclic) bond motifs is 1. The fourth-order valence-electron chi connectivity index (χ4n) is 1.66. The van der Waals surface area contributed by atoms with Crippen molar-refractivity contribution in [3.8, 4) is 0 Å². The van der Waals surface area contributed by atoms with E-state index in [1.807, 2.05) is 17.5 Å². The average molecular weight is 243 g/mol. The molecule has 0 spiro atoms. The summed E-state index contributed by atoms with van der Waals surface area (Å²) in [5.74, 6) is -0.0892. The molecule has 0 aliphatic heterocycles. The molecule has 17 heavy (non-hydrogen) atoms. The maximum atomic E-state index is 11.9. The Labute approximate surface area is 101 Å². The Hall–Kier alpha value is -2.14. The maximum absolute atomic E-state index is 11.9. The summed E-state index contributed by atoms with van der Waals surface area (Å²) in [4.78, 5) is 19.8. The highest BCUT2D eigenvalue weighted by Gasteiger charge is 2.09. The number of nitrogens with one attached hydrogen (secondary N) is 2. The zero-order chi connectivity index (χ0) is 11.7. The van der Waals surface area contributed by atoms with Crippen LogP contribution in [-0.4, -0.2) is 15.9 Å². The molecule has 0 aliphatic carbocycles. The van der Waals surface area contributed by atoms with Crippen molar-refractivity contribution in [2.75, 3.05) is 5.32 Å². The van der Waals surface area contributed by atoms with Gasteiger partial charge in [-0.2, -0.15) is 0 Å². The highest BCUT2D eigenvalue weighted by Crippen LogP contribution is 2.21. The van der Waals surface area contributed by atoms with Gasteiger partial charge >= 0.3 is 0 Å². The van der Waals surface area contributed by atoms with Crippen molar-refractivity contribution in [1.82, 2.24) is 9.97 Å². The molecule has 0 atom stereocenters. The van der Waals surface area contributed by atoms with Crippen LogP contribution in [0.4, 0.5) is 5.69 Å². The normalized spacial score (nSPS) is 10.6. The summed E-state index contributed by atoms with van der Waals surface area (Å²) < 4.78 is 0.